The highest BCUT2D eigenvalue weighted by Crippen LogP contribution is 2.26. The Hall–Kier alpha value is -0.530. The van der Waals surface area contributed by atoms with Crippen LogP contribution in [0.1, 0.15) is 31.7 Å². The lowest BCUT2D eigenvalue weighted by Gasteiger charge is -2.19. The van der Waals surface area contributed by atoms with Gasteiger partial charge in [-0.05, 0) is 24.0 Å². The molecule has 0 aliphatic carbocycles. The summed E-state index contributed by atoms with van der Waals surface area (Å²) in [6, 6.07) is 8.09. The normalized spacial score (nSPS) is 15.4. The zero-order chi connectivity index (χ0) is 9.84. The fourth-order valence-corrected chi connectivity index (χ4v) is 1.74. The van der Waals surface area contributed by atoms with Crippen LogP contribution in [0.5, 0.6) is 0 Å². The van der Waals surface area contributed by atoms with Crippen LogP contribution in [0.2, 0.25) is 5.02 Å². The molecule has 1 aromatic carbocycles. The highest BCUT2D eigenvalue weighted by Gasteiger charge is 2.14. The van der Waals surface area contributed by atoms with Crippen LogP contribution in [0.4, 0.5) is 0 Å². The van der Waals surface area contributed by atoms with Gasteiger partial charge in [-0.2, -0.15) is 0 Å². The molecular weight excluding hydrogens is 182 g/mol. The van der Waals surface area contributed by atoms with Gasteiger partial charge >= 0.3 is 0 Å². The summed E-state index contributed by atoms with van der Waals surface area (Å²) in [7, 11) is 0. The summed E-state index contributed by atoms with van der Waals surface area (Å²) in [4.78, 5) is 0. The topological polar surface area (TPSA) is 26.0 Å². The zero-order valence-corrected chi connectivity index (χ0v) is 8.88. The van der Waals surface area contributed by atoms with Crippen molar-refractivity contribution in [3.8, 4) is 0 Å². The van der Waals surface area contributed by atoms with Gasteiger partial charge in [0, 0.05) is 11.1 Å². The smallest absolute Gasteiger partial charge is 0.0441 e. The SMILES string of the molecule is CCC(N)C(C)c1ccccc1Cl. The predicted octanol–water partition coefficient (Wildman–Crippen LogP) is 3.18. The molecule has 0 amide bonds. The van der Waals surface area contributed by atoms with Crippen molar-refractivity contribution in [2.24, 2.45) is 5.73 Å². The van der Waals surface area contributed by atoms with Crippen molar-refractivity contribution < 1.29 is 0 Å². The van der Waals surface area contributed by atoms with Crippen LogP contribution < -0.4 is 5.73 Å². The lowest BCUT2D eigenvalue weighted by Crippen LogP contribution is -2.25. The fraction of sp³-hybridized carbons (Fsp3) is 0.455. The summed E-state index contributed by atoms with van der Waals surface area (Å²) >= 11 is 6.06. The Balaban J connectivity index is 2.88. The van der Waals surface area contributed by atoms with Crippen LogP contribution >= 0.6 is 11.6 Å². The molecule has 0 heterocycles. The fourth-order valence-electron chi connectivity index (χ4n) is 1.43. The quantitative estimate of drug-likeness (QED) is 0.792. The molecule has 1 rings (SSSR count). The van der Waals surface area contributed by atoms with Gasteiger partial charge in [0.1, 0.15) is 0 Å². The second kappa shape index (κ2) is 4.64. The number of benzene rings is 1. The minimum Gasteiger partial charge on any atom is -0.327 e. The van der Waals surface area contributed by atoms with Gasteiger partial charge in [0.25, 0.3) is 0 Å². The highest BCUT2D eigenvalue weighted by molar-refractivity contribution is 6.31. The van der Waals surface area contributed by atoms with Crippen molar-refractivity contribution in [3.63, 3.8) is 0 Å². The first kappa shape index (κ1) is 10.6. The third kappa shape index (κ3) is 2.45. The van der Waals surface area contributed by atoms with Gasteiger partial charge in [0.15, 0.2) is 0 Å². The second-order valence-electron chi connectivity index (χ2n) is 3.38. The summed E-state index contributed by atoms with van der Waals surface area (Å²) in [6.07, 6.45) is 0.979. The number of rotatable bonds is 3. The summed E-state index contributed by atoms with van der Waals surface area (Å²) in [5.41, 5.74) is 7.11. The van der Waals surface area contributed by atoms with Gasteiger partial charge in [0.05, 0.1) is 0 Å². The predicted molar refractivity (Wildman–Crippen MR) is 58.1 cm³/mol. The molecule has 1 aromatic rings. The Kier molecular flexibility index (Phi) is 3.76. The maximum Gasteiger partial charge on any atom is 0.0441 e. The van der Waals surface area contributed by atoms with E-state index in [-0.39, 0.29) is 6.04 Å². The summed E-state index contributed by atoms with van der Waals surface area (Å²) in [5, 5.41) is 0.818. The van der Waals surface area contributed by atoms with E-state index in [0.29, 0.717) is 5.92 Å². The zero-order valence-electron chi connectivity index (χ0n) is 8.13. The Bertz CT molecular complexity index is 273. The Morgan fingerprint density at radius 3 is 2.54 bits per heavy atom. The molecule has 0 aliphatic rings. The molecule has 2 atom stereocenters. The van der Waals surface area contributed by atoms with Crippen molar-refractivity contribution >= 4 is 11.6 Å². The summed E-state index contributed by atoms with van der Waals surface area (Å²) in [6.45, 7) is 4.22. The molecule has 0 radical (unpaired) electrons. The molecule has 0 spiro atoms. The molecule has 13 heavy (non-hydrogen) atoms. The Morgan fingerprint density at radius 1 is 1.38 bits per heavy atom. The van der Waals surface area contributed by atoms with Gasteiger partial charge in [-0.1, -0.05) is 43.6 Å². The van der Waals surface area contributed by atoms with E-state index in [1.54, 1.807) is 0 Å². The monoisotopic (exact) mass is 197 g/mol. The molecule has 0 saturated carbocycles. The van der Waals surface area contributed by atoms with E-state index >= 15 is 0 Å². The molecule has 0 saturated heterocycles. The van der Waals surface area contributed by atoms with E-state index in [0.717, 1.165) is 17.0 Å². The minimum absolute atomic E-state index is 0.194. The van der Waals surface area contributed by atoms with Crippen LogP contribution in [-0.2, 0) is 0 Å². The van der Waals surface area contributed by atoms with Gasteiger partial charge in [-0.3, -0.25) is 0 Å². The highest BCUT2D eigenvalue weighted by atomic mass is 35.5. The van der Waals surface area contributed by atoms with Crippen molar-refractivity contribution in [2.75, 3.05) is 0 Å². The van der Waals surface area contributed by atoms with Crippen LogP contribution in [0.3, 0.4) is 0 Å². The standard InChI is InChI=1S/C11H16ClN/c1-3-11(13)8(2)9-6-4-5-7-10(9)12/h4-8,11H,3,13H2,1-2H3. The number of halogens is 1. The Labute approximate surface area is 84.9 Å². The molecular formula is C11H16ClN. The number of hydrogen-bond donors (Lipinski definition) is 1. The van der Waals surface area contributed by atoms with E-state index in [1.807, 2.05) is 24.3 Å². The molecule has 2 heteroatoms. The molecule has 0 aliphatic heterocycles. The van der Waals surface area contributed by atoms with Crippen molar-refractivity contribution in [1.29, 1.82) is 0 Å². The molecule has 2 unspecified atom stereocenters. The molecule has 0 bridgehead atoms. The van der Waals surface area contributed by atoms with Gasteiger partial charge in [-0.15, -0.1) is 0 Å². The first-order chi connectivity index (χ1) is 6.16. The lowest BCUT2D eigenvalue weighted by atomic mass is 9.92. The number of nitrogens with two attached hydrogens (primary N) is 1. The van der Waals surface area contributed by atoms with Gasteiger partial charge in [0.2, 0.25) is 0 Å². The van der Waals surface area contributed by atoms with Crippen LogP contribution in [0.25, 0.3) is 0 Å². The van der Waals surface area contributed by atoms with E-state index in [2.05, 4.69) is 13.8 Å². The van der Waals surface area contributed by atoms with Gasteiger partial charge in [-0.25, -0.2) is 0 Å². The van der Waals surface area contributed by atoms with Crippen molar-refractivity contribution in [1.82, 2.24) is 0 Å². The van der Waals surface area contributed by atoms with Crippen LogP contribution in [0.15, 0.2) is 24.3 Å². The van der Waals surface area contributed by atoms with Crippen molar-refractivity contribution in [2.45, 2.75) is 32.2 Å². The van der Waals surface area contributed by atoms with Crippen LogP contribution in [0, 0.1) is 0 Å². The first-order valence-corrected chi connectivity index (χ1v) is 5.04. The summed E-state index contributed by atoms with van der Waals surface area (Å²) in [5.74, 6) is 0.332. The molecule has 0 fully saturated rings. The Morgan fingerprint density at radius 2 is 2.00 bits per heavy atom. The molecule has 0 aromatic heterocycles. The largest absolute Gasteiger partial charge is 0.327 e. The van der Waals surface area contributed by atoms with E-state index in [1.165, 1.54) is 0 Å². The average Bonchev–Trinajstić information content (AvgIpc) is 2.16. The third-order valence-electron chi connectivity index (χ3n) is 2.51. The van der Waals surface area contributed by atoms with Gasteiger partial charge < -0.3 is 5.73 Å². The first-order valence-electron chi connectivity index (χ1n) is 4.66. The maximum absolute atomic E-state index is 6.06. The average molecular weight is 198 g/mol. The molecule has 1 nitrogen and oxygen atoms in total. The summed E-state index contributed by atoms with van der Waals surface area (Å²) < 4.78 is 0. The maximum atomic E-state index is 6.06. The van der Waals surface area contributed by atoms with Crippen LogP contribution in [-0.4, -0.2) is 6.04 Å². The van der Waals surface area contributed by atoms with E-state index < -0.39 is 0 Å². The third-order valence-corrected chi connectivity index (χ3v) is 2.85. The van der Waals surface area contributed by atoms with E-state index in [9.17, 15) is 0 Å². The molecule has 2 N–H and O–H groups in total. The van der Waals surface area contributed by atoms with Crippen molar-refractivity contribution in [3.05, 3.63) is 34.9 Å². The molecule has 72 valence electrons. The second-order valence-corrected chi connectivity index (χ2v) is 3.79. The van der Waals surface area contributed by atoms with E-state index in [4.69, 9.17) is 17.3 Å². The minimum atomic E-state index is 0.194. The lowest BCUT2D eigenvalue weighted by molar-refractivity contribution is 0.551. The number of hydrogen-bond acceptors (Lipinski definition) is 1.